The van der Waals surface area contributed by atoms with E-state index in [0.717, 1.165) is 16.9 Å². The summed E-state index contributed by atoms with van der Waals surface area (Å²) in [7, 11) is 3.35. The largest absolute Gasteiger partial charge is 0.497 e. The van der Waals surface area contributed by atoms with Crippen LogP contribution in [0.4, 0.5) is 0 Å². The van der Waals surface area contributed by atoms with Crippen molar-refractivity contribution in [2.75, 3.05) is 14.2 Å². The summed E-state index contributed by atoms with van der Waals surface area (Å²) in [5.41, 5.74) is 2.98. The molecule has 0 saturated heterocycles. The van der Waals surface area contributed by atoms with Crippen molar-refractivity contribution in [3.8, 4) is 17.1 Å². The number of amides is 1. The highest BCUT2D eigenvalue weighted by molar-refractivity contribution is 5.78. The fourth-order valence-corrected chi connectivity index (χ4v) is 2.48. The Bertz CT molecular complexity index is 870. The average molecular weight is 351 g/mol. The molecular weight excluding hydrogens is 330 g/mol. The first-order valence-corrected chi connectivity index (χ1v) is 8.31. The fourth-order valence-electron chi connectivity index (χ4n) is 2.48. The zero-order chi connectivity index (χ0) is 18.5. The van der Waals surface area contributed by atoms with Crippen LogP contribution < -0.4 is 4.74 Å². The van der Waals surface area contributed by atoms with E-state index >= 15 is 0 Å². The Morgan fingerprint density at radius 3 is 2.46 bits per heavy atom. The molecule has 6 nitrogen and oxygen atoms in total. The molecule has 0 fully saturated rings. The van der Waals surface area contributed by atoms with E-state index in [1.165, 1.54) is 5.56 Å². The molecule has 0 aliphatic heterocycles. The van der Waals surface area contributed by atoms with Gasteiger partial charge in [0.25, 0.3) is 0 Å². The summed E-state index contributed by atoms with van der Waals surface area (Å²) in [6.07, 6.45) is 0.344. The molecule has 2 aromatic carbocycles. The summed E-state index contributed by atoms with van der Waals surface area (Å²) in [5, 5.41) is 3.98. The average Bonchev–Trinajstić information content (AvgIpc) is 3.12. The monoisotopic (exact) mass is 351 g/mol. The number of aryl methyl sites for hydroxylation is 1. The number of nitrogens with zero attached hydrogens (tertiary/aromatic N) is 3. The Kier molecular flexibility index (Phi) is 5.31. The molecule has 6 heteroatoms. The zero-order valence-electron chi connectivity index (χ0n) is 15.1. The lowest BCUT2D eigenvalue weighted by Crippen LogP contribution is -2.27. The van der Waals surface area contributed by atoms with Crippen LogP contribution >= 0.6 is 0 Å². The molecule has 0 spiro atoms. The number of aromatic nitrogens is 2. The van der Waals surface area contributed by atoms with Crippen LogP contribution in [0.15, 0.2) is 53.1 Å². The SMILES string of the molecule is COc1ccc(-c2noc(CN(C)C(=O)Cc3ccc(C)cc3)n2)cc1. The van der Waals surface area contributed by atoms with Crippen molar-refractivity contribution in [1.29, 1.82) is 0 Å². The van der Waals surface area contributed by atoms with Crippen LogP contribution in [0.25, 0.3) is 11.4 Å². The maximum absolute atomic E-state index is 12.4. The van der Waals surface area contributed by atoms with E-state index in [-0.39, 0.29) is 12.5 Å². The van der Waals surface area contributed by atoms with E-state index in [1.54, 1.807) is 19.1 Å². The highest BCUT2D eigenvalue weighted by Gasteiger charge is 2.15. The first kappa shape index (κ1) is 17.7. The third-order valence-corrected chi connectivity index (χ3v) is 4.09. The standard InChI is InChI=1S/C20H21N3O3/c1-14-4-6-15(7-5-14)12-19(24)23(2)13-18-21-20(22-26-18)16-8-10-17(25-3)11-9-16/h4-11H,12-13H2,1-3H3. The summed E-state index contributed by atoms with van der Waals surface area (Å²) in [6.45, 7) is 2.29. The zero-order valence-corrected chi connectivity index (χ0v) is 15.1. The Morgan fingerprint density at radius 1 is 1.12 bits per heavy atom. The van der Waals surface area contributed by atoms with Crippen LogP contribution in [0.5, 0.6) is 5.75 Å². The molecule has 3 rings (SSSR count). The molecule has 0 atom stereocenters. The number of hydrogen-bond acceptors (Lipinski definition) is 5. The van der Waals surface area contributed by atoms with Gasteiger partial charge in [0, 0.05) is 12.6 Å². The number of benzene rings is 2. The van der Waals surface area contributed by atoms with Gasteiger partial charge in [0.15, 0.2) is 0 Å². The number of rotatable bonds is 6. The van der Waals surface area contributed by atoms with Gasteiger partial charge in [-0.1, -0.05) is 35.0 Å². The predicted octanol–water partition coefficient (Wildman–Crippen LogP) is 3.25. The van der Waals surface area contributed by atoms with Crippen LogP contribution in [0.2, 0.25) is 0 Å². The molecule has 1 amide bonds. The van der Waals surface area contributed by atoms with E-state index in [9.17, 15) is 4.79 Å². The molecule has 3 aromatic rings. The molecule has 0 aliphatic rings. The van der Waals surface area contributed by atoms with Gasteiger partial charge in [-0.15, -0.1) is 0 Å². The van der Waals surface area contributed by atoms with Gasteiger partial charge >= 0.3 is 0 Å². The lowest BCUT2D eigenvalue weighted by molar-refractivity contribution is -0.130. The van der Waals surface area contributed by atoms with Gasteiger partial charge in [0.1, 0.15) is 5.75 Å². The molecule has 0 aliphatic carbocycles. The second-order valence-electron chi connectivity index (χ2n) is 6.15. The van der Waals surface area contributed by atoms with Crippen molar-refractivity contribution in [2.24, 2.45) is 0 Å². The molecule has 1 aromatic heterocycles. The topological polar surface area (TPSA) is 68.5 Å². The lowest BCUT2D eigenvalue weighted by atomic mass is 10.1. The molecule has 0 saturated carbocycles. The Labute approximate surface area is 152 Å². The number of carbonyl (C=O) groups is 1. The minimum Gasteiger partial charge on any atom is -0.497 e. The van der Waals surface area contributed by atoms with Crippen LogP contribution in [0, 0.1) is 6.92 Å². The third kappa shape index (κ3) is 4.27. The van der Waals surface area contributed by atoms with Crippen LogP contribution in [0.1, 0.15) is 17.0 Å². The number of carbonyl (C=O) groups excluding carboxylic acids is 1. The summed E-state index contributed by atoms with van der Waals surface area (Å²) in [4.78, 5) is 18.3. The molecular formula is C20H21N3O3. The Morgan fingerprint density at radius 2 is 1.81 bits per heavy atom. The normalized spacial score (nSPS) is 10.6. The summed E-state index contributed by atoms with van der Waals surface area (Å²) in [6, 6.07) is 15.3. The van der Waals surface area contributed by atoms with E-state index < -0.39 is 0 Å². The summed E-state index contributed by atoms with van der Waals surface area (Å²) >= 11 is 0. The van der Waals surface area contributed by atoms with Gasteiger partial charge in [0.05, 0.1) is 20.1 Å². The van der Waals surface area contributed by atoms with E-state index in [4.69, 9.17) is 9.26 Å². The van der Waals surface area contributed by atoms with Gasteiger partial charge in [-0.3, -0.25) is 4.79 Å². The van der Waals surface area contributed by atoms with Crippen molar-refractivity contribution in [2.45, 2.75) is 19.9 Å². The van der Waals surface area contributed by atoms with E-state index in [0.29, 0.717) is 18.1 Å². The minimum absolute atomic E-state index is 0.00181. The van der Waals surface area contributed by atoms with Crippen LogP contribution in [0.3, 0.4) is 0 Å². The fraction of sp³-hybridized carbons (Fsp3) is 0.250. The Balaban J connectivity index is 1.62. The van der Waals surface area contributed by atoms with Crippen LogP contribution in [-0.4, -0.2) is 35.1 Å². The van der Waals surface area contributed by atoms with Crippen molar-refractivity contribution in [1.82, 2.24) is 15.0 Å². The molecule has 1 heterocycles. The second-order valence-corrected chi connectivity index (χ2v) is 6.15. The highest BCUT2D eigenvalue weighted by Crippen LogP contribution is 2.20. The van der Waals surface area contributed by atoms with Gasteiger partial charge in [-0.25, -0.2) is 0 Å². The summed E-state index contributed by atoms with van der Waals surface area (Å²) < 4.78 is 10.4. The molecule has 134 valence electrons. The number of hydrogen-bond donors (Lipinski definition) is 0. The maximum Gasteiger partial charge on any atom is 0.246 e. The van der Waals surface area contributed by atoms with Gasteiger partial charge < -0.3 is 14.2 Å². The summed E-state index contributed by atoms with van der Waals surface area (Å²) in [5.74, 6) is 1.65. The predicted molar refractivity (Wildman–Crippen MR) is 97.6 cm³/mol. The van der Waals surface area contributed by atoms with Crippen LogP contribution in [-0.2, 0) is 17.8 Å². The van der Waals surface area contributed by atoms with E-state index in [1.807, 2.05) is 55.5 Å². The minimum atomic E-state index is -0.00181. The molecule has 26 heavy (non-hydrogen) atoms. The third-order valence-electron chi connectivity index (χ3n) is 4.09. The van der Waals surface area contributed by atoms with Gasteiger partial charge in [0.2, 0.25) is 17.6 Å². The smallest absolute Gasteiger partial charge is 0.246 e. The van der Waals surface area contributed by atoms with Gasteiger partial charge in [-0.05, 0) is 36.8 Å². The van der Waals surface area contributed by atoms with Crippen molar-refractivity contribution < 1.29 is 14.1 Å². The molecule has 0 unspecified atom stereocenters. The number of methoxy groups -OCH3 is 1. The van der Waals surface area contributed by atoms with Gasteiger partial charge in [-0.2, -0.15) is 4.98 Å². The number of likely N-dealkylation sites (N-methyl/N-ethyl adjacent to an activating group) is 1. The molecule has 0 bridgehead atoms. The van der Waals surface area contributed by atoms with Crippen molar-refractivity contribution >= 4 is 5.91 Å². The van der Waals surface area contributed by atoms with Crippen molar-refractivity contribution in [3.05, 3.63) is 65.5 Å². The quantitative estimate of drug-likeness (QED) is 0.682. The lowest BCUT2D eigenvalue weighted by Gasteiger charge is -2.14. The van der Waals surface area contributed by atoms with E-state index in [2.05, 4.69) is 10.1 Å². The highest BCUT2D eigenvalue weighted by atomic mass is 16.5. The first-order valence-electron chi connectivity index (χ1n) is 8.31. The number of ether oxygens (including phenoxy) is 1. The van der Waals surface area contributed by atoms with Crippen molar-refractivity contribution in [3.63, 3.8) is 0 Å². The second kappa shape index (κ2) is 7.82. The Hall–Kier alpha value is -3.15. The first-order chi connectivity index (χ1) is 12.5. The maximum atomic E-state index is 12.4. The molecule has 0 radical (unpaired) electrons. The molecule has 0 N–H and O–H groups in total.